The zero-order chi connectivity index (χ0) is 15.5. The largest absolute Gasteiger partial charge is 0.482 e. The normalized spacial score (nSPS) is 14.0. The molecule has 114 valence electrons. The molecular weight excluding hydrogens is 272 g/mol. The van der Waals surface area contributed by atoms with Crippen molar-refractivity contribution in [3.63, 3.8) is 0 Å². The van der Waals surface area contributed by atoms with Crippen LogP contribution in [0.5, 0.6) is 5.75 Å². The van der Waals surface area contributed by atoms with Gasteiger partial charge >= 0.3 is 0 Å². The Balaban J connectivity index is 2.05. The average molecular weight is 292 g/mol. The fourth-order valence-corrected chi connectivity index (χ4v) is 2.06. The quantitative estimate of drug-likeness (QED) is 0.763. The molecule has 1 heterocycles. The smallest absolute Gasteiger partial charge is 0.262 e. The first kappa shape index (κ1) is 15.3. The van der Waals surface area contributed by atoms with E-state index in [0.29, 0.717) is 29.8 Å². The Morgan fingerprint density at radius 3 is 2.81 bits per heavy atom. The number of rotatable bonds is 5. The van der Waals surface area contributed by atoms with E-state index in [4.69, 9.17) is 4.74 Å². The molecule has 6 nitrogen and oxygen atoms in total. The van der Waals surface area contributed by atoms with Gasteiger partial charge in [-0.05, 0) is 31.0 Å². The average Bonchev–Trinajstić information content (AvgIpc) is 2.51. The predicted octanol–water partition coefficient (Wildman–Crippen LogP) is 1.30. The van der Waals surface area contributed by atoms with Gasteiger partial charge in [-0.25, -0.2) is 0 Å². The topological polar surface area (TPSA) is 87.7 Å². The van der Waals surface area contributed by atoms with Crippen LogP contribution in [0.2, 0.25) is 0 Å². The molecule has 1 aliphatic heterocycles. The van der Waals surface area contributed by atoms with E-state index in [9.17, 15) is 14.7 Å². The monoisotopic (exact) mass is 292 g/mol. The molecule has 2 amide bonds. The van der Waals surface area contributed by atoms with Crippen molar-refractivity contribution >= 4 is 17.5 Å². The number of anilines is 1. The minimum absolute atomic E-state index is 0.0521. The van der Waals surface area contributed by atoms with E-state index in [1.807, 2.05) is 13.8 Å². The molecule has 2 rings (SSSR count). The molecule has 1 aromatic carbocycles. The summed E-state index contributed by atoms with van der Waals surface area (Å²) in [5.74, 6) is -0.0159. The number of ether oxygens (including phenoxy) is 1. The van der Waals surface area contributed by atoms with E-state index >= 15 is 0 Å². The molecule has 1 aliphatic rings. The molecule has 6 heteroatoms. The predicted molar refractivity (Wildman–Crippen MR) is 78.4 cm³/mol. The van der Waals surface area contributed by atoms with Crippen molar-refractivity contribution in [1.82, 2.24) is 5.32 Å². The minimum atomic E-state index is -0.881. The van der Waals surface area contributed by atoms with Crippen molar-refractivity contribution in [2.24, 2.45) is 0 Å². The van der Waals surface area contributed by atoms with Gasteiger partial charge in [0, 0.05) is 12.1 Å². The Labute approximate surface area is 123 Å². The number of carbonyl (C=O) groups is 2. The number of nitrogens with one attached hydrogen (secondary N) is 2. The van der Waals surface area contributed by atoms with Gasteiger partial charge in [0.25, 0.3) is 11.8 Å². The summed E-state index contributed by atoms with van der Waals surface area (Å²) in [4.78, 5) is 23.3. The summed E-state index contributed by atoms with van der Waals surface area (Å²) in [5.41, 5.74) is 0.106. The second-order valence-corrected chi connectivity index (χ2v) is 5.16. The zero-order valence-corrected chi connectivity index (χ0v) is 12.2. The number of hydrogen-bond acceptors (Lipinski definition) is 4. The molecule has 0 atom stereocenters. The third-order valence-corrected chi connectivity index (χ3v) is 3.77. The van der Waals surface area contributed by atoms with E-state index < -0.39 is 5.60 Å². The van der Waals surface area contributed by atoms with Crippen LogP contribution in [0.1, 0.15) is 37.0 Å². The number of hydrogen-bond donors (Lipinski definition) is 3. The van der Waals surface area contributed by atoms with E-state index in [0.717, 1.165) is 0 Å². The summed E-state index contributed by atoms with van der Waals surface area (Å²) in [7, 11) is 0. The fourth-order valence-electron chi connectivity index (χ4n) is 2.06. The van der Waals surface area contributed by atoms with Crippen LogP contribution in [0, 0.1) is 0 Å². The molecule has 0 radical (unpaired) electrons. The lowest BCUT2D eigenvalue weighted by Gasteiger charge is -2.25. The standard InChI is InChI=1S/C15H20N2O4/c1-3-15(20,4-2)9-16-14(19)10-5-6-11-12(7-10)21-8-13(18)17-11/h5-7,20H,3-4,8-9H2,1-2H3,(H,16,19)(H,17,18). The molecule has 0 saturated carbocycles. The molecule has 0 aromatic heterocycles. The summed E-state index contributed by atoms with van der Waals surface area (Å²) in [6.45, 7) is 3.91. The van der Waals surface area contributed by atoms with Crippen molar-refractivity contribution in [1.29, 1.82) is 0 Å². The third-order valence-electron chi connectivity index (χ3n) is 3.77. The maximum atomic E-state index is 12.1. The molecule has 21 heavy (non-hydrogen) atoms. The molecule has 0 unspecified atom stereocenters. The van der Waals surface area contributed by atoms with E-state index in [-0.39, 0.29) is 25.0 Å². The third kappa shape index (κ3) is 3.52. The minimum Gasteiger partial charge on any atom is -0.482 e. The summed E-state index contributed by atoms with van der Waals surface area (Å²) in [6, 6.07) is 4.83. The van der Waals surface area contributed by atoms with Crippen LogP contribution in [0.3, 0.4) is 0 Å². The number of aliphatic hydroxyl groups is 1. The number of benzene rings is 1. The van der Waals surface area contributed by atoms with Gasteiger partial charge in [0.05, 0.1) is 11.3 Å². The number of fused-ring (bicyclic) bond motifs is 1. The van der Waals surface area contributed by atoms with E-state index in [1.165, 1.54) is 0 Å². The maximum Gasteiger partial charge on any atom is 0.262 e. The molecule has 1 aromatic rings. The molecule has 0 aliphatic carbocycles. The van der Waals surface area contributed by atoms with Crippen molar-refractivity contribution in [2.75, 3.05) is 18.5 Å². The first-order valence-corrected chi connectivity index (χ1v) is 7.04. The van der Waals surface area contributed by atoms with Gasteiger partial charge < -0.3 is 20.5 Å². The van der Waals surface area contributed by atoms with Crippen LogP contribution in [-0.4, -0.2) is 35.7 Å². The SMILES string of the molecule is CCC(O)(CC)CNC(=O)c1ccc2c(c1)OCC(=O)N2. The summed E-state index contributed by atoms with van der Waals surface area (Å²) < 4.78 is 5.27. The van der Waals surface area contributed by atoms with Crippen LogP contribution in [0.4, 0.5) is 5.69 Å². The van der Waals surface area contributed by atoms with Gasteiger partial charge in [-0.3, -0.25) is 9.59 Å². The van der Waals surface area contributed by atoms with Crippen LogP contribution in [0.15, 0.2) is 18.2 Å². The van der Waals surface area contributed by atoms with Crippen LogP contribution < -0.4 is 15.4 Å². The fraction of sp³-hybridized carbons (Fsp3) is 0.467. The lowest BCUT2D eigenvalue weighted by molar-refractivity contribution is -0.118. The van der Waals surface area contributed by atoms with Crippen molar-refractivity contribution < 1.29 is 19.4 Å². The van der Waals surface area contributed by atoms with Gasteiger partial charge in [-0.2, -0.15) is 0 Å². The van der Waals surface area contributed by atoms with Crippen LogP contribution in [0.25, 0.3) is 0 Å². The Bertz CT molecular complexity index is 553. The number of amides is 2. The summed E-state index contributed by atoms with van der Waals surface area (Å²) in [6.07, 6.45) is 1.15. The van der Waals surface area contributed by atoms with Gasteiger partial charge in [-0.1, -0.05) is 13.8 Å². The maximum absolute atomic E-state index is 12.1. The molecule has 0 fully saturated rings. The highest BCUT2D eigenvalue weighted by Gasteiger charge is 2.23. The van der Waals surface area contributed by atoms with Crippen molar-refractivity contribution in [3.05, 3.63) is 23.8 Å². The van der Waals surface area contributed by atoms with Gasteiger partial charge in [-0.15, -0.1) is 0 Å². The van der Waals surface area contributed by atoms with Crippen LogP contribution in [-0.2, 0) is 4.79 Å². The highest BCUT2D eigenvalue weighted by atomic mass is 16.5. The molecule has 0 bridgehead atoms. The Morgan fingerprint density at radius 1 is 1.43 bits per heavy atom. The Kier molecular flexibility index (Phi) is 4.47. The zero-order valence-electron chi connectivity index (χ0n) is 12.2. The van der Waals surface area contributed by atoms with E-state index in [1.54, 1.807) is 18.2 Å². The highest BCUT2D eigenvalue weighted by Crippen LogP contribution is 2.28. The van der Waals surface area contributed by atoms with Crippen molar-refractivity contribution in [3.8, 4) is 5.75 Å². The highest BCUT2D eigenvalue weighted by molar-refractivity contribution is 5.99. The van der Waals surface area contributed by atoms with Gasteiger partial charge in [0.2, 0.25) is 0 Å². The van der Waals surface area contributed by atoms with Crippen LogP contribution >= 0.6 is 0 Å². The second kappa shape index (κ2) is 6.13. The summed E-state index contributed by atoms with van der Waals surface area (Å²) in [5, 5.41) is 15.5. The lowest BCUT2D eigenvalue weighted by Crippen LogP contribution is -2.42. The van der Waals surface area contributed by atoms with Gasteiger partial charge in [0.1, 0.15) is 5.75 Å². The van der Waals surface area contributed by atoms with Gasteiger partial charge in [0.15, 0.2) is 6.61 Å². The van der Waals surface area contributed by atoms with E-state index in [2.05, 4.69) is 10.6 Å². The molecular formula is C15H20N2O4. The number of carbonyl (C=O) groups excluding carboxylic acids is 2. The molecule has 0 spiro atoms. The first-order chi connectivity index (χ1) is 9.97. The van der Waals surface area contributed by atoms with Crippen molar-refractivity contribution in [2.45, 2.75) is 32.3 Å². The molecule has 3 N–H and O–H groups in total. The first-order valence-electron chi connectivity index (χ1n) is 7.04. The summed E-state index contributed by atoms with van der Waals surface area (Å²) >= 11 is 0. The lowest BCUT2D eigenvalue weighted by atomic mass is 9.97. The Morgan fingerprint density at radius 2 is 2.14 bits per heavy atom. The second-order valence-electron chi connectivity index (χ2n) is 5.16. The molecule has 0 saturated heterocycles. The Hall–Kier alpha value is -2.08.